The van der Waals surface area contributed by atoms with E-state index in [2.05, 4.69) is 34.4 Å². The van der Waals surface area contributed by atoms with Crippen LogP contribution in [0.4, 0.5) is 10.7 Å². The average Bonchev–Trinajstić information content (AvgIpc) is 2.37. The maximum atomic E-state index is 11.6. The summed E-state index contributed by atoms with van der Waals surface area (Å²) in [4.78, 5) is 29.4. The van der Waals surface area contributed by atoms with Crippen molar-refractivity contribution in [3.05, 3.63) is 22.1 Å². The van der Waals surface area contributed by atoms with Crippen LogP contribution in [0, 0.1) is 12.8 Å². The molecule has 0 bridgehead atoms. The largest absolute Gasteiger partial charge is 0.338 e. The van der Waals surface area contributed by atoms with Crippen molar-refractivity contribution in [2.24, 2.45) is 5.92 Å². The van der Waals surface area contributed by atoms with Crippen LogP contribution in [0.2, 0.25) is 0 Å². The zero-order valence-electron chi connectivity index (χ0n) is 12.5. The second-order valence-corrected chi connectivity index (χ2v) is 4.94. The number of carbonyl (C=O) groups excluding carboxylic acids is 1. The zero-order valence-corrected chi connectivity index (χ0v) is 12.5. The highest BCUT2D eigenvalue weighted by Crippen LogP contribution is 2.13. The minimum Gasteiger partial charge on any atom is -0.338 e. The number of anilines is 1. The number of H-pyrrole nitrogens is 1. The summed E-state index contributed by atoms with van der Waals surface area (Å²) in [7, 11) is 0. The molecule has 0 fully saturated rings. The van der Waals surface area contributed by atoms with Gasteiger partial charge in [-0.15, -0.1) is 0 Å². The van der Waals surface area contributed by atoms with E-state index in [1.165, 1.54) is 18.9 Å². The highest BCUT2D eigenvalue weighted by Gasteiger charge is 2.06. The molecule has 0 aliphatic heterocycles. The van der Waals surface area contributed by atoms with Gasteiger partial charge in [0.2, 0.25) is 5.95 Å². The van der Waals surface area contributed by atoms with Crippen LogP contribution in [0.3, 0.4) is 0 Å². The Hall–Kier alpha value is -1.85. The monoisotopic (exact) mass is 280 g/mol. The summed E-state index contributed by atoms with van der Waals surface area (Å²) in [5.74, 6) is 0.905. The summed E-state index contributed by atoms with van der Waals surface area (Å²) in [5.41, 5.74) is 0.291. The lowest BCUT2D eigenvalue weighted by molar-refractivity contribution is 0.251. The first-order chi connectivity index (χ1) is 9.55. The molecule has 0 atom stereocenters. The van der Waals surface area contributed by atoms with Crippen molar-refractivity contribution in [1.82, 2.24) is 15.3 Å². The molecule has 0 unspecified atom stereocenters. The van der Waals surface area contributed by atoms with E-state index in [-0.39, 0.29) is 17.5 Å². The van der Waals surface area contributed by atoms with Gasteiger partial charge in [-0.1, -0.05) is 26.7 Å². The minimum absolute atomic E-state index is 0.174. The molecule has 1 aromatic heterocycles. The molecule has 1 aromatic rings. The van der Waals surface area contributed by atoms with E-state index < -0.39 is 0 Å². The number of aromatic amines is 1. The Kier molecular flexibility index (Phi) is 6.76. The van der Waals surface area contributed by atoms with Crippen molar-refractivity contribution in [2.75, 3.05) is 11.9 Å². The van der Waals surface area contributed by atoms with Gasteiger partial charge in [0.15, 0.2) is 0 Å². The van der Waals surface area contributed by atoms with E-state index in [1.54, 1.807) is 6.92 Å². The van der Waals surface area contributed by atoms with Gasteiger partial charge in [0, 0.05) is 18.3 Å². The molecule has 112 valence electrons. The lowest BCUT2D eigenvalue weighted by Crippen LogP contribution is -2.31. The molecule has 3 N–H and O–H groups in total. The van der Waals surface area contributed by atoms with E-state index in [0.717, 1.165) is 18.8 Å². The fourth-order valence-electron chi connectivity index (χ4n) is 2.08. The van der Waals surface area contributed by atoms with Gasteiger partial charge in [-0.3, -0.25) is 15.1 Å². The fourth-order valence-corrected chi connectivity index (χ4v) is 2.08. The van der Waals surface area contributed by atoms with Crippen LogP contribution in [0.15, 0.2) is 10.9 Å². The Bertz CT molecular complexity index is 480. The molecule has 20 heavy (non-hydrogen) atoms. The Labute approximate surface area is 119 Å². The number of aryl methyl sites for hydroxylation is 1. The van der Waals surface area contributed by atoms with Gasteiger partial charge in [0.05, 0.1) is 0 Å². The number of amides is 2. The third-order valence-corrected chi connectivity index (χ3v) is 3.33. The minimum atomic E-state index is -0.344. The number of aromatic nitrogens is 2. The van der Waals surface area contributed by atoms with Crippen molar-refractivity contribution < 1.29 is 4.79 Å². The van der Waals surface area contributed by atoms with Crippen LogP contribution in [0.5, 0.6) is 0 Å². The fraction of sp³-hybridized carbons (Fsp3) is 0.643. The molecule has 0 aliphatic carbocycles. The third-order valence-electron chi connectivity index (χ3n) is 3.33. The number of nitrogens with one attached hydrogen (secondary N) is 3. The topological polar surface area (TPSA) is 86.9 Å². The summed E-state index contributed by atoms with van der Waals surface area (Å²) in [5, 5.41) is 5.28. The summed E-state index contributed by atoms with van der Waals surface area (Å²) in [6, 6.07) is 1.03. The predicted molar refractivity (Wildman–Crippen MR) is 79.9 cm³/mol. The molecular formula is C14H24N4O2. The molecule has 2 amide bonds. The highest BCUT2D eigenvalue weighted by atomic mass is 16.2. The molecule has 0 aliphatic rings. The summed E-state index contributed by atoms with van der Waals surface area (Å²) in [6.45, 7) is 6.70. The van der Waals surface area contributed by atoms with Crippen molar-refractivity contribution >= 4 is 12.0 Å². The van der Waals surface area contributed by atoms with E-state index in [9.17, 15) is 9.59 Å². The first kappa shape index (κ1) is 16.2. The average molecular weight is 280 g/mol. The first-order valence-corrected chi connectivity index (χ1v) is 7.18. The van der Waals surface area contributed by atoms with Gasteiger partial charge in [0.25, 0.3) is 5.56 Å². The summed E-state index contributed by atoms with van der Waals surface area (Å²) < 4.78 is 0. The SMILES string of the molecule is CCC(CC)CCCNC(=O)Nc1nc(C)cc(=O)[nH]1. The first-order valence-electron chi connectivity index (χ1n) is 7.18. The second-order valence-electron chi connectivity index (χ2n) is 4.94. The number of rotatable bonds is 7. The van der Waals surface area contributed by atoms with Crippen molar-refractivity contribution in [2.45, 2.75) is 46.5 Å². The van der Waals surface area contributed by atoms with Crippen LogP contribution in [0.25, 0.3) is 0 Å². The standard InChI is InChI=1S/C14H24N4O2/c1-4-11(5-2)7-6-8-15-14(20)18-13-16-10(3)9-12(19)17-13/h9,11H,4-8H2,1-3H3,(H3,15,16,17,18,19,20). The van der Waals surface area contributed by atoms with Gasteiger partial charge in [-0.05, 0) is 25.7 Å². The summed E-state index contributed by atoms with van der Waals surface area (Å²) >= 11 is 0. The van der Waals surface area contributed by atoms with Crippen molar-refractivity contribution in [3.63, 3.8) is 0 Å². The van der Waals surface area contributed by atoms with E-state index in [0.29, 0.717) is 12.2 Å². The van der Waals surface area contributed by atoms with Crippen LogP contribution >= 0.6 is 0 Å². The van der Waals surface area contributed by atoms with E-state index in [4.69, 9.17) is 0 Å². The zero-order chi connectivity index (χ0) is 15.0. The van der Waals surface area contributed by atoms with Gasteiger partial charge < -0.3 is 5.32 Å². The number of carbonyl (C=O) groups is 1. The third kappa shape index (κ3) is 5.86. The highest BCUT2D eigenvalue weighted by molar-refractivity contribution is 5.87. The predicted octanol–water partition coefficient (Wildman–Crippen LogP) is 2.42. The maximum Gasteiger partial charge on any atom is 0.321 e. The van der Waals surface area contributed by atoms with Gasteiger partial charge in [0.1, 0.15) is 0 Å². The number of hydrogen-bond donors (Lipinski definition) is 3. The summed E-state index contributed by atoms with van der Waals surface area (Å²) in [6.07, 6.45) is 4.43. The molecule has 6 heteroatoms. The number of urea groups is 1. The van der Waals surface area contributed by atoms with Crippen LogP contribution in [0.1, 0.15) is 45.2 Å². The molecule has 1 rings (SSSR count). The quantitative estimate of drug-likeness (QED) is 0.670. The Morgan fingerprint density at radius 1 is 1.40 bits per heavy atom. The Morgan fingerprint density at radius 2 is 2.10 bits per heavy atom. The van der Waals surface area contributed by atoms with Crippen molar-refractivity contribution in [3.8, 4) is 0 Å². The van der Waals surface area contributed by atoms with Crippen molar-refractivity contribution in [1.29, 1.82) is 0 Å². The maximum absolute atomic E-state index is 11.6. The van der Waals surface area contributed by atoms with E-state index >= 15 is 0 Å². The molecular weight excluding hydrogens is 256 g/mol. The van der Waals surface area contributed by atoms with Crippen LogP contribution in [-0.4, -0.2) is 22.5 Å². The molecule has 0 aromatic carbocycles. The normalized spacial score (nSPS) is 10.6. The molecule has 0 saturated heterocycles. The Balaban J connectivity index is 2.31. The van der Waals surface area contributed by atoms with Crippen LogP contribution < -0.4 is 16.2 Å². The molecule has 6 nitrogen and oxygen atoms in total. The second kappa shape index (κ2) is 8.35. The molecule has 0 spiro atoms. The number of nitrogens with zero attached hydrogens (tertiary/aromatic N) is 1. The molecule has 0 radical (unpaired) electrons. The smallest absolute Gasteiger partial charge is 0.321 e. The van der Waals surface area contributed by atoms with Gasteiger partial charge >= 0.3 is 6.03 Å². The van der Waals surface area contributed by atoms with E-state index in [1.807, 2.05) is 0 Å². The molecule has 0 saturated carbocycles. The lowest BCUT2D eigenvalue weighted by atomic mass is 9.98. The van der Waals surface area contributed by atoms with Gasteiger partial charge in [-0.2, -0.15) is 0 Å². The van der Waals surface area contributed by atoms with Gasteiger partial charge in [-0.25, -0.2) is 9.78 Å². The lowest BCUT2D eigenvalue weighted by Gasteiger charge is -2.12. The van der Waals surface area contributed by atoms with Crippen LogP contribution in [-0.2, 0) is 0 Å². The molecule has 1 heterocycles. The Morgan fingerprint density at radius 3 is 2.70 bits per heavy atom. The number of hydrogen-bond acceptors (Lipinski definition) is 3.